The second-order valence-electron chi connectivity index (χ2n) is 5.00. The molecule has 0 radical (unpaired) electrons. The van der Waals surface area contributed by atoms with Gasteiger partial charge in [0.15, 0.2) is 0 Å². The van der Waals surface area contributed by atoms with Crippen molar-refractivity contribution in [3.63, 3.8) is 0 Å². The van der Waals surface area contributed by atoms with E-state index < -0.39 is 10.0 Å². The summed E-state index contributed by atoms with van der Waals surface area (Å²) >= 11 is 6.01. The van der Waals surface area contributed by atoms with Crippen LogP contribution in [0.15, 0.2) is 47.4 Å². The van der Waals surface area contributed by atoms with E-state index in [0.717, 1.165) is 5.56 Å². The fourth-order valence-corrected chi connectivity index (χ4v) is 3.30. The van der Waals surface area contributed by atoms with Crippen molar-refractivity contribution in [2.75, 3.05) is 12.4 Å². The van der Waals surface area contributed by atoms with Crippen molar-refractivity contribution in [2.45, 2.75) is 18.4 Å². The molecule has 2 aromatic rings. The van der Waals surface area contributed by atoms with Crippen LogP contribution in [-0.4, -0.2) is 21.4 Å². The third-order valence-corrected chi connectivity index (χ3v) is 4.90. The van der Waals surface area contributed by atoms with E-state index in [1.807, 2.05) is 0 Å². The number of methoxy groups -OCH3 is 1. The Bertz CT molecular complexity index is 836. The van der Waals surface area contributed by atoms with E-state index in [-0.39, 0.29) is 22.4 Å². The number of rotatable bonds is 6. The third kappa shape index (κ3) is 4.70. The zero-order chi connectivity index (χ0) is 17.7. The zero-order valence-electron chi connectivity index (χ0n) is 13.2. The van der Waals surface area contributed by atoms with E-state index in [2.05, 4.69) is 10.0 Å². The fourth-order valence-electron chi connectivity index (χ4n) is 1.96. The van der Waals surface area contributed by atoms with Gasteiger partial charge in [-0.2, -0.15) is 0 Å². The molecule has 0 saturated carbocycles. The molecule has 2 rings (SSSR count). The monoisotopic (exact) mass is 368 g/mol. The standard InChI is InChI=1S/C16H17ClN2O4S/c1-11(20)19-16-8-7-14(9-15(16)17)24(21,22)18-10-12-3-5-13(23-2)6-4-12/h3-9,18H,10H2,1-2H3,(H,19,20). The van der Waals surface area contributed by atoms with Crippen LogP contribution in [0.3, 0.4) is 0 Å². The third-order valence-electron chi connectivity index (χ3n) is 3.19. The maximum absolute atomic E-state index is 12.3. The van der Waals surface area contributed by atoms with Crippen LogP contribution in [0.4, 0.5) is 5.69 Å². The molecule has 0 fully saturated rings. The number of ether oxygens (including phenoxy) is 1. The molecule has 2 aromatic carbocycles. The molecule has 128 valence electrons. The second kappa shape index (κ2) is 7.65. The molecular formula is C16H17ClN2O4S. The van der Waals surface area contributed by atoms with Gasteiger partial charge in [0.1, 0.15) is 5.75 Å². The van der Waals surface area contributed by atoms with Crippen molar-refractivity contribution in [1.29, 1.82) is 0 Å². The lowest BCUT2D eigenvalue weighted by Gasteiger charge is -2.10. The summed E-state index contributed by atoms with van der Waals surface area (Å²) in [5.74, 6) is 0.409. The summed E-state index contributed by atoms with van der Waals surface area (Å²) in [6.07, 6.45) is 0. The van der Waals surface area contributed by atoms with E-state index in [0.29, 0.717) is 11.4 Å². The summed E-state index contributed by atoms with van der Waals surface area (Å²) in [6.45, 7) is 1.48. The molecule has 2 N–H and O–H groups in total. The van der Waals surface area contributed by atoms with Crippen molar-refractivity contribution in [2.24, 2.45) is 0 Å². The van der Waals surface area contributed by atoms with Crippen LogP contribution in [-0.2, 0) is 21.4 Å². The van der Waals surface area contributed by atoms with E-state index in [1.165, 1.54) is 25.1 Å². The molecule has 0 aromatic heterocycles. The van der Waals surface area contributed by atoms with Crippen molar-refractivity contribution < 1.29 is 17.9 Å². The minimum atomic E-state index is -3.72. The Morgan fingerprint density at radius 1 is 1.17 bits per heavy atom. The largest absolute Gasteiger partial charge is 0.497 e. The summed E-state index contributed by atoms with van der Waals surface area (Å²) in [7, 11) is -2.16. The van der Waals surface area contributed by atoms with Crippen molar-refractivity contribution in [1.82, 2.24) is 4.72 Å². The van der Waals surface area contributed by atoms with Gasteiger partial charge >= 0.3 is 0 Å². The summed E-state index contributed by atoms with van der Waals surface area (Å²) in [6, 6.07) is 11.2. The smallest absolute Gasteiger partial charge is 0.240 e. The quantitative estimate of drug-likeness (QED) is 0.821. The van der Waals surface area contributed by atoms with Crippen LogP contribution in [0.1, 0.15) is 12.5 Å². The number of benzene rings is 2. The topological polar surface area (TPSA) is 84.5 Å². The highest BCUT2D eigenvalue weighted by atomic mass is 35.5. The van der Waals surface area contributed by atoms with Crippen molar-refractivity contribution in [3.8, 4) is 5.75 Å². The van der Waals surface area contributed by atoms with Crippen LogP contribution in [0.25, 0.3) is 0 Å². The number of nitrogens with one attached hydrogen (secondary N) is 2. The number of sulfonamides is 1. The van der Waals surface area contributed by atoms with Crippen LogP contribution in [0.5, 0.6) is 5.75 Å². The van der Waals surface area contributed by atoms with E-state index in [9.17, 15) is 13.2 Å². The molecule has 0 bridgehead atoms. The number of amides is 1. The normalized spacial score (nSPS) is 11.1. The Morgan fingerprint density at radius 3 is 2.38 bits per heavy atom. The Balaban J connectivity index is 2.11. The molecule has 0 spiro atoms. The maximum Gasteiger partial charge on any atom is 0.240 e. The summed E-state index contributed by atoms with van der Waals surface area (Å²) in [5.41, 5.74) is 1.15. The average molecular weight is 369 g/mol. The van der Waals surface area contributed by atoms with E-state index in [4.69, 9.17) is 16.3 Å². The molecule has 0 atom stereocenters. The van der Waals surface area contributed by atoms with Crippen LogP contribution >= 0.6 is 11.6 Å². The lowest BCUT2D eigenvalue weighted by Crippen LogP contribution is -2.23. The Hall–Kier alpha value is -2.09. The molecule has 8 heteroatoms. The highest BCUT2D eigenvalue weighted by molar-refractivity contribution is 7.89. The first kappa shape index (κ1) is 18.3. The molecule has 0 unspecified atom stereocenters. The number of hydrogen-bond donors (Lipinski definition) is 2. The minimum absolute atomic E-state index is 0.0233. The predicted octanol–water partition coefficient (Wildman–Crippen LogP) is 2.79. The molecule has 0 aliphatic heterocycles. The Morgan fingerprint density at radius 2 is 1.83 bits per heavy atom. The number of anilines is 1. The fraction of sp³-hybridized carbons (Fsp3) is 0.188. The molecule has 0 heterocycles. The molecule has 0 saturated heterocycles. The molecular weight excluding hydrogens is 352 g/mol. The van der Waals surface area contributed by atoms with Gasteiger partial charge in [-0.15, -0.1) is 0 Å². The minimum Gasteiger partial charge on any atom is -0.497 e. The molecule has 0 aliphatic rings. The number of carbonyl (C=O) groups is 1. The molecule has 0 aliphatic carbocycles. The maximum atomic E-state index is 12.3. The van der Waals surface area contributed by atoms with E-state index in [1.54, 1.807) is 31.4 Å². The first-order chi connectivity index (χ1) is 11.3. The van der Waals surface area contributed by atoms with Gasteiger partial charge in [0.2, 0.25) is 15.9 Å². The van der Waals surface area contributed by atoms with Gasteiger partial charge in [-0.1, -0.05) is 23.7 Å². The van der Waals surface area contributed by atoms with Gasteiger partial charge in [-0.25, -0.2) is 13.1 Å². The van der Waals surface area contributed by atoms with Gasteiger partial charge in [0.25, 0.3) is 0 Å². The first-order valence-electron chi connectivity index (χ1n) is 7.01. The Kier molecular flexibility index (Phi) is 5.82. The lowest BCUT2D eigenvalue weighted by molar-refractivity contribution is -0.114. The van der Waals surface area contributed by atoms with E-state index >= 15 is 0 Å². The Labute approximate surface area is 145 Å². The number of carbonyl (C=O) groups excluding carboxylic acids is 1. The lowest BCUT2D eigenvalue weighted by atomic mass is 10.2. The second-order valence-corrected chi connectivity index (χ2v) is 7.17. The predicted molar refractivity (Wildman–Crippen MR) is 92.8 cm³/mol. The molecule has 1 amide bonds. The SMILES string of the molecule is COc1ccc(CNS(=O)(=O)c2ccc(NC(C)=O)c(Cl)c2)cc1. The highest BCUT2D eigenvalue weighted by Crippen LogP contribution is 2.25. The summed E-state index contributed by atoms with van der Waals surface area (Å²) in [4.78, 5) is 11.1. The number of halogens is 1. The summed E-state index contributed by atoms with van der Waals surface area (Å²) in [5, 5.41) is 2.67. The van der Waals surface area contributed by atoms with Crippen molar-refractivity contribution in [3.05, 3.63) is 53.1 Å². The van der Waals surface area contributed by atoms with Gasteiger partial charge in [0.05, 0.1) is 22.7 Å². The van der Waals surface area contributed by atoms with Gasteiger partial charge < -0.3 is 10.1 Å². The van der Waals surface area contributed by atoms with Gasteiger partial charge in [0, 0.05) is 13.5 Å². The molecule has 24 heavy (non-hydrogen) atoms. The first-order valence-corrected chi connectivity index (χ1v) is 8.87. The van der Waals surface area contributed by atoms with Gasteiger partial charge in [-0.05, 0) is 35.9 Å². The van der Waals surface area contributed by atoms with Crippen LogP contribution in [0, 0.1) is 0 Å². The van der Waals surface area contributed by atoms with Crippen LogP contribution in [0.2, 0.25) is 5.02 Å². The molecule has 6 nitrogen and oxygen atoms in total. The zero-order valence-corrected chi connectivity index (χ0v) is 14.7. The average Bonchev–Trinajstić information content (AvgIpc) is 2.55. The van der Waals surface area contributed by atoms with Crippen LogP contribution < -0.4 is 14.8 Å². The summed E-state index contributed by atoms with van der Waals surface area (Å²) < 4.78 is 32.2. The number of hydrogen-bond acceptors (Lipinski definition) is 4. The van der Waals surface area contributed by atoms with Gasteiger partial charge in [-0.3, -0.25) is 4.79 Å². The highest BCUT2D eigenvalue weighted by Gasteiger charge is 2.16. The van der Waals surface area contributed by atoms with Crippen molar-refractivity contribution >= 4 is 33.2 Å².